The number of ether oxygens (including phenoxy) is 1. The number of carbonyl (C=O) groups is 3. The Morgan fingerprint density at radius 1 is 1.10 bits per heavy atom. The van der Waals surface area contributed by atoms with Gasteiger partial charge in [-0.25, -0.2) is 4.98 Å². The minimum absolute atomic E-state index is 0.154. The summed E-state index contributed by atoms with van der Waals surface area (Å²) in [7, 11) is 0. The normalized spacial score (nSPS) is 17.6. The zero-order chi connectivity index (χ0) is 37.8. The van der Waals surface area contributed by atoms with Gasteiger partial charge in [0.25, 0.3) is 0 Å². The van der Waals surface area contributed by atoms with Gasteiger partial charge in [-0.1, -0.05) is 69.0 Å². The van der Waals surface area contributed by atoms with Crippen LogP contribution in [0.4, 0.5) is 0 Å². The standard InChI is InChI=1S/C40H54N6O5S/c1-26-37(52-25-44-26)31-16-14-29(15-17-31)21-43-22-32-20-33(47)23-46(32)39(50)38(40(3,4)5)45-36(49)9-7-6-8-28-10-12-30(13-11-28)24-51-27(2)34(41)18-19-35(42)48/h10-17,25,27,32-34,38,43,47H,7,9,18-24,41H2,1-5H3,(H2,42,48)(H,45,49)/t27-,32+,33-,34+,38-/m1/s1. The van der Waals surface area contributed by atoms with Gasteiger partial charge in [0.15, 0.2) is 0 Å². The van der Waals surface area contributed by atoms with Crippen LogP contribution in [-0.4, -0.2) is 76.1 Å². The van der Waals surface area contributed by atoms with Crippen molar-refractivity contribution in [2.45, 2.75) is 110 Å². The summed E-state index contributed by atoms with van der Waals surface area (Å²) in [6.07, 6.45) is 0.827. The Hall–Kier alpha value is -4.12. The molecule has 1 aliphatic rings. The van der Waals surface area contributed by atoms with E-state index in [0.717, 1.165) is 27.9 Å². The molecule has 0 unspecified atom stereocenters. The minimum atomic E-state index is -0.751. The van der Waals surface area contributed by atoms with Crippen LogP contribution in [0, 0.1) is 24.2 Å². The van der Waals surface area contributed by atoms with Crippen LogP contribution in [0.2, 0.25) is 0 Å². The molecule has 0 radical (unpaired) electrons. The van der Waals surface area contributed by atoms with Gasteiger partial charge in [-0.05, 0) is 60.9 Å². The van der Waals surface area contributed by atoms with Gasteiger partial charge in [-0.3, -0.25) is 14.4 Å². The summed E-state index contributed by atoms with van der Waals surface area (Å²) in [5.74, 6) is 5.35. The van der Waals surface area contributed by atoms with E-state index in [9.17, 15) is 19.5 Å². The number of aryl methyl sites for hydroxylation is 1. The number of aliphatic hydroxyl groups is 1. The number of hydrogen-bond acceptors (Lipinski definition) is 9. The summed E-state index contributed by atoms with van der Waals surface area (Å²) in [6.45, 7) is 11.4. The van der Waals surface area contributed by atoms with Crippen molar-refractivity contribution in [3.63, 3.8) is 0 Å². The average Bonchev–Trinajstić information content (AvgIpc) is 3.71. The van der Waals surface area contributed by atoms with Crippen LogP contribution in [-0.2, 0) is 32.3 Å². The summed E-state index contributed by atoms with van der Waals surface area (Å²) in [6, 6.07) is 14.8. The van der Waals surface area contributed by atoms with Gasteiger partial charge >= 0.3 is 0 Å². The van der Waals surface area contributed by atoms with Crippen LogP contribution < -0.4 is 22.1 Å². The average molecular weight is 731 g/mol. The first-order valence-corrected chi connectivity index (χ1v) is 18.8. The van der Waals surface area contributed by atoms with E-state index in [4.69, 9.17) is 16.2 Å². The lowest BCUT2D eigenvalue weighted by Gasteiger charge is -2.35. The van der Waals surface area contributed by atoms with Gasteiger partial charge in [-0.15, -0.1) is 11.3 Å². The third kappa shape index (κ3) is 12.2. The number of amides is 3. The molecule has 12 heteroatoms. The smallest absolute Gasteiger partial charge is 0.246 e. The maximum atomic E-state index is 13.9. The molecule has 1 fully saturated rings. The highest BCUT2D eigenvalue weighted by Gasteiger charge is 2.41. The highest BCUT2D eigenvalue weighted by atomic mass is 32.1. The van der Waals surface area contributed by atoms with Gasteiger partial charge in [0.05, 0.1) is 34.9 Å². The second-order valence-electron chi connectivity index (χ2n) is 14.7. The fourth-order valence-electron chi connectivity index (χ4n) is 6.06. The Morgan fingerprint density at radius 2 is 1.79 bits per heavy atom. The van der Waals surface area contributed by atoms with E-state index in [2.05, 4.69) is 51.7 Å². The number of nitrogens with zero attached hydrogens (tertiary/aromatic N) is 2. The Kier molecular flexibility index (Phi) is 14.9. The lowest BCUT2D eigenvalue weighted by atomic mass is 9.85. The first-order valence-electron chi connectivity index (χ1n) is 17.9. The van der Waals surface area contributed by atoms with Crippen molar-refractivity contribution >= 4 is 29.1 Å². The quantitative estimate of drug-likeness (QED) is 0.138. The van der Waals surface area contributed by atoms with E-state index in [1.165, 1.54) is 4.88 Å². The Morgan fingerprint density at radius 3 is 2.42 bits per heavy atom. The topological polar surface area (TPSA) is 173 Å². The molecule has 7 N–H and O–H groups in total. The van der Waals surface area contributed by atoms with E-state index in [-0.39, 0.29) is 55.3 Å². The van der Waals surface area contributed by atoms with E-state index in [1.54, 1.807) is 16.2 Å². The molecule has 4 rings (SSSR count). The van der Waals surface area contributed by atoms with E-state index >= 15 is 0 Å². The molecule has 5 atom stereocenters. The third-order valence-corrected chi connectivity index (χ3v) is 10.2. The number of benzene rings is 2. The molecule has 2 heterocycles. The molecule has 0 saturated carbocycles. The molecule has 52 heavy (non-hydrogen) atoms. The van der Waals surface area contributed by atoms with Gasteiger partial charge in [-0.2, -0.15) is 0 Å². The molecule has 280 valence electrons. The summed E-state index contributed by atoms with van der Waals surface area (Å²) in [5, 5.41) is 17.0. The molecule has 1 saturated heterocycles. The molecule has 3 amide bonds. The number of aliphatic hydroxyl groups excluding tert-OH is 1. The molecule has 0 aliphatic carbocycles. The Bertz CT molecular complexity index is 1690. The molecular weight excluding hydrogens is 677 g/mol. The number of carbonyl (C=O) groups excluding carboxylic acids is 3. The zero-order valence-corrected chi connectivity index (χ0v) is 31.8. The van der Waals surface area contributed by atoms with Crippen LogP contribution in [0.1, 0.15) is 82.2 Å². The van der Waals surface area contributed by atoms with Crippen LogP contribution in [0.3, 0.4) is 0 Å². The highest BCUT2D eigenvalue weighted by molar-refractivity contribution is 7.13. The predicted molar refractivity (Wildman–Crippen MR) is 205 cm³/mol. The van der Waals surface area contributed by atoms with Gasteiger partial charge in [0.2, 0.25) is 17.7 Å². The Balaban J connectivity index is 1.24. The number of β-amino-alcohol motifs (C(OH)–C–C–N with tert-alkyl or cyclic N) is 1. The monoisotopic (exact) mass is 730 g/mol. The first-order chi connectivity index (χ1) is 24.7. The summed E-state index contributed by atoms with van der Waals surface area (Å²) < 4.78 is 5.85. The minimum Gasteiger partial charge on any atom is -0.391 e. The third-order valence-electron chi connectivity index (χ3n) is 9.27. The summed E-state index contributed by atoms with van der Waals surface area (Å²) >= 11 is 1.63. The van der Waals surface area contributed by atoms with Crippen LogP contribution in [0.15, 0.2) is 54.0 Å². The maximum Gasteiger partial charge on any atom is 0.246 e. The SMILES string of the molecule is Cc1ncsc1-c1ccc(CNC[C@@H]2C[C@@H](O)CN2C(=O)[C@@H](NC(=O)CCC#Cc2ccc(CO[C@H](C)[C@@H](N)CCC(N)=O)cc2)C(C)(C)C)cc1. The number of aromatic nitrogens is 1. The van der Waals surface area contributed by atoms with Crippen LogP contribution >= 0.6 is 11.3 Å². The number of thiazole rings is 1. The first kappa shape index (κ1) is 40.6. The number of hydrogen-bond donors (Lipinski definition) is 5. The van der Waals surface area contributed by atoms with E-state index in [1.807, 2.05) is 64.4 Å². The number of nitrogens with two attached hydrogens (primary N) is 2. The van der Waals surface area contributed by atoms with Crippen molar-refractivity contribution in [2.24, 2.45) is 16.9 Å². The second kappa shape index (κ2) is 19.1. The largest absolute Gasteiger partial charge is 0.391 e. The van der Waals surface area contributed by atoms with E-state index < -0.39 is 17.6 Å². The molecule has 1 aliphatic heterocycles. The molecule has 11 nitrogen and oxygen atoms in total. The molecule has 0 bridgehead atoms. The Labute approximate surface area is 311 Å². The molecule has 3 aromatic rings. The van der Waals surface area contributed by atoms with Gasteiger partial charge in [0, 0.05) is 56.5 Å². The van der Waals surface area contributed by atoms with Crippen molar-refractivity contribution in [3.05, 3.63) is 76.4 Å². The molecule has 0 spiro atoms. The lowest BCUT2D eigenvalue weighted by Crippen LogP contribution is -2.56. The van der Waals surface area contributed by atoms with Crippen molar-refractivity contribution in [2.75, 3.05) is 13.1 Å². The molecule has 2 aromatic carbocycles. The molecule has 1 aromatic heterocycles. The molecular formula is C40H54N6O5S. The number of likely N-dealkylation sites (tertiary alicyclic amines) is 1. The number of primary amides is 1. The maximum absolute atomic E-state index is 13.9. The van der Waals surface area contributed by atoms with E-state index in [0.29, 0.717) is 39.0 Å². The fraction of sp³-hybridized carbons (Fsp3) is 0.500. The summed E-state index contributed by atoms with van der Waals surface area (Å²) in [5.41, 5.74) is 17.7. The lowest BCUT2D eigenvalue weighted by molar-refractivity contribution is -0.140. The predicted octanol–water partition coefficient (Wildman–Crippen LogP) is 4.03. The van der Waals surface area contributed by atoms with Crippen molar-refractivity contribution in [1.82, 2.24) is 20.5 Å². The highest BCUT2D eigenvalue weighted by Crippen LogP contribution is 2.28. The van der Waals surface area contributed by atoms with Crippen LogP contribution in [0.5, 0.6) is 0 Å². The number of nitrogens with one attached hydrogen (secondary N) is 2. The fourth-order valence-corrected chi connectivity index (χ4v) is 6.87. The van der Waals surface area contributed by atoms with Crippen molar-refractivity contribution in [3.8, 4) is 22.3 Å². The summed E-state index contributed by atoms with van der Waals surface area (Å²) in [4.78, 5) is 45.2. The van der Waals surface area contributed by atoms with Crippen molar-refractivity contribution in [1.29, 1.82) is 0 Å². The van der Waals surface area contributed by atoms with Gasteiger partial charge < -0.3 is 36.8 Å². The van der Waals surface area contributed by atoms with Crippen LogP contribution in [0.25, 0.3) is 10.4 Å². The zero-order valence-electron chi connectivity index (χ0n) is 31.0. The van der Waals surface area contributed by atoms with Crippen molar-refractivity contribution < 1.29 is 24.2 Å². The second-order valence-corrected chi connectivity index (χ2v) is 15.5. The number of rotatable bonds is 16. The van der Waals surface area contributed by atoms with Gasteiger partial charge in [0.1, 0.15) is 6.04 Å².